The van der Waals surface area contributed by atoms with Crippen LogP contribution in [-0.4, -0.2) is 52.8 Å². The van der Waals surface area contributed by atoms with Gasteiger partial charge < -0.3 is 25.4 Å². The summed E-state index contributed by atoms with van der Waals surface area (Å²) < 4.78 is 19.6. The smallest absolute Gasteiger partial charge is 0.256 e. The number of aliphatic hydroxyl groups is 1. The van der Waals surface area contributed by atoms with Crippen LogP contribution in [0.15, 0.2) is 24.4 Å². The van der Waals surface area contributed by atoms with Gasteiger partial charge in [0.05, 0.1) is 12.7 Å². The minimum atomic E-state index is -0.418. The molecule has 182 valence electrons. The van der Waals surface area contributed by atoms with E-state index in [4.69, 9.17) is 9.72 Å². The van der Waals surface area contributed by atoms with E-state index in [1.807, 2.05) is 6.92 Å². The highest BCUT2D eigenvalue weighted by molar-refractivity contribution is 5.98. The molecule has 0 spiro atoms. The number of hydrogen-bond acceptors (Lipinski definition) is 7. The van der Waals surface area contributed by atoms with Crippen LogP contribution in [0, 0.1) is 17.7 Å². The maximum absolute atomic E-state index is 14.3. The van der Waals surface area contributed by atoms with Crippen LogP contribution < -0.4 is 20.3 Å². The molecule has 1 amide bonds. The van der Waals surface area contributed by atoms with Gasteiger partial charge in [0.1, 0.15) is 11.4 Å². The van der Waals surface area contributed by atoms with Crippen LogP contribution in [-0.2, 0) is 6.54 Å². The Hall–Kier alpha value is -2.94. The standard InChI is InChI=1S/C25H32FN5O3/c1-2-34-22-8-3-15(9-21(22)26)11-27-23-20(24(33)29-18-4-6-19(32)7-5-18)12-28-25(30-23)31-13-16-10-17(16)14-31/h3,8-9,12,16-19,32H,2,4-7,10-11,13-14H2,1H3,(H,29,33)(H,27,28,30)/t16?,17?,18-,19-. The van der Waals surface area contributed by atoms with Crippen molar-refractivity contribution in [3.05, 3.63) is 41.3 Å². The van der Waals surface area contributed by atoms with Crippen molar-refractivity contribution in [3.8, 4) is 5.75 Å². The van der Waals surface area contributed by atoms with Gasteiger partial charge in [-0.2, -0.15) is 4.98 Å². The fourth-order valence-corrected chi connectivity index (χ4v) is 4.98. The Morgan fingerprint density at radius 3 is 2.71 bits per heavy atom. The highest BCUT2D eigenvalue weighted by Gasteiger charge is 2.46. The Morgan fingerprint density at radius 2 is 2.00 bits per heavy atom. The van der Waals surface area contributed by atoms with Crippen molar-refractivity contribution in [2.75, 3.05) is 29.9 Å². The van der Waals surface area contributed by atoms with E-state index < -0.39 is 5.82 Å². The topological polar surface area (TPSA) is 99.6 Å². The maximum atomic E-state index is 14.3. The van der Waals surface area contributed by atoms with Crippen molar-refractivity contribution in [2.45, 2.75) is 57.7 Å². The largest absolute Gasteiger partial charge is 0.491 e. The second kappa shape index (κ2) is 9.74. The van der Waals surface area contributed by atoms with Gasteiger partial charge in [-0.15, -0.1) is 0 Å². The predicted molar refractivity (Wildman–Crippen MR) is 126 cm³/mol. The lowest BCUT2D eigenvalue weighted by Crippen LogP contribution is -2.39. The van der Waals surface area contributed by atoms with Gasteiger partial charge in [0.15, 0.2) is 11.6 Å². The fraction of sp³-hybridized carbons (Fsp3) is 0.560. The molecule has 3 N–H and O–H groups in total. The van der Waals surface area contributed by atoms with E-state index >= 15 is 0 Å². The molecule has 1 aromatic heterocycles. The number of anilines is 2. The zero-order valence-electron chi connectivity index (χ0n) is 19.5. The monoisotopic (exact) mass is 469 g/mol. The minimum absolute atomic E-state index is 0.0225. The predicted octanol–water partition coefficient (Wildman–Crippen LogP) is 3.12. The second-order valence-corrected chi connectivity index (χ2v) is 9.62. The molecule has 3 fully saturated rings. The summed E-state index contributed by atoms with van der Waals surface area (Å²) in [5.74, 6) is 2.09. The molecule has 2 aromatic rings. The number of nitrogens with zero attached hydrogens (tertiary/aromatic N) is 3. The number of aliphatic hydroxyl groups excluding tert-OH is 1. The summed E-state index contributed by atoms with van der Waals surface area (Å²) in [4.78, 5) is 24.5. The summed E-state index contributed by atoms with van der Waals surface area (Å²) in [5, 5.41) is 16.0. The Labute approximate surface area is 198 Å². The molecule has 1 saturated heterocycles. The van der Waals surface area contributed by atoms with E-state index in [-0.39, 0.29) is 23.8 Å². The number of halogens is 1. The van der Waals surface area contributed by atoms with Gasteiger partial charge in [-0.25, -0.2) is 9.37 Å². The number of amides is 1. The Morgan fingerprint density at radius 1 is 1.24 bits per heavy atom. The Bertz CT molecular complexity index is 1030. The van der Waals surface area contributed by atoms with Crippen molar-refractivity contribution in [2.24, 2.45) is 11.8 Å². The first-order valence-electron chi connectivity index (χ1n) is 12.3. The third-order valence-corrected chi connectivity index (χ3v) is 7.07. The number of rotatable bonds is 8. The van der Waals surface area contributed by atoms with E-state index in [1.165, 1.54) is 12.5 Å². The van der Waals surface area contributed by atoms with Gasteiger partial charge in [-0.1, -0.05) is 6.07 Å². The number of benzene rings is 1. The molecule has 1 aromatic carbocycles. The lowest BCUT2D eigenvalue weighted by molar-refractivity contribution is 0.0867. The summed E-state index contributed by atoms with van der Waals surface area (Å²) in [5.41, 5.74) is 1.08. The molecule has 9 heteroatoms. The van der Waals surface area contributed by atoms with E-state index in [0.29, 0.717) is 43.3 Å². The molecule has 0 bridgehead atoms. The first-order valence-corrected chi connectivity index (χ1v) is 12.3. The number of carbonyl (C=O) groups excluding carboxylic acids is 1. The molecule has 2 heterocycles. The summed E-state index contributed by atoms with van der Waals surface area (Å²) in [6, 6.07) is 4.86. The molecule has 2 atom stereocenters. The highest BCUT2D eigenvalue weighted by Crippen LogP contribution is 2.45. The van der Waals surface area contributed by atoms with Crippen LogP contribution in [0.1, 0.15) is 54.9 Å². The van der Waals surface area contributed by atoms with Gasteiger partial charge in [0.25, 0.3) is 5.91 Å². The van der Waals surface area contributed by atoms with Crippen LogP contribution >= 0.6 is 0 Å². The minimum Gasteiger partial charge on any atom is -0.491 e. The van der Waals surface area contributed by atoms with E-state index in [9.17, 15) is 14.3 Å². The third-order valence-electron chi connectivity index (χ3n) is 7.07. The zero-order chi connectivity index (χ0) is 23.7. The summed E-state index contributed by atoms with van der Waals surface area (Å²) in [6.07, 6.45) is 5.45. The van der Waals surface area contributed by atoms with Crippen molar-refractivity contribution in [1.82, 2.24) is 15.3 Å². The van der Waals surface area contributed by atoms with Crippen LogP contribution in [0.4, 0.5) is 16.2 Å². The van der Waals surface area contributed by atoms with Crippen molar-refractivity contribution in [1.29, 1.82) is 0 Å². The van der Waals surface area contributed by atoms with Crippen molar-refractivity contribution >= 4 is 17.7 Å². The molecule has 34 heavy (non-hydrogen) atoms. The lowest BCUT2D eigenvalue weighted by Gasteiger charge is -2.26. The molecule has 0 radical (unpaired) electrons. The average Bonchev–Trinajstić information content (AvgIpc) is 3.45. The Kier molecular flexibility index (Phi) is 6.54. The number of piperidine rings is 1. The van der Waals surface area contributed by atoms with Crippen LogP contribution in [0.3, 0.4) is 0 Å². The molecule has 1 aliphatic heterocycles. The molecule has 5 rings (SSSR count). The van der Waals surface area contributed by atoms with Gasteiger partial charge in [0, 0.05) is 31.9 Å². The number of ether oxygens (including phenoxy) is 1. The second-order valence-electron chi connectivity index (χ2n) is 9.62. The highest BCUT2D eigenvalue weighted by atomic mass is 19.1. The summed E-state index contributed by atoms with van der Waals surface area (Å²) >= 11 is 0. The van der Waals surface area contributed by atoms with Crippen molar-refractivity contribution < 1.29 is 19.0 Å². The molecule has 8 nitrogen and oxygen atoms in total. The van der Waals surface area contributed by atoms with E-state index in [2.05, 4.69) is 20.5 Å². The molecule has 2 aliphatic carbocycles. The van der Waals surface area contributed by atoms with Gasteiger partial charge in [-0.05, 0) is 68.6 Å². The van der Waals surface area contributed by atoms with Gasteiger partial charge in [0.2, 0.25) is 5.95 Å². The summed E-state index contributed by atoms with van der Waals surface area (Å²) in [7, 11) is 0. The fourth-order valence-electron chi connectivity index (χ4n) is 4.98. The van der Waals surface area contributed by atoms with E-state index in [1.54, 1.807) is 18.3 Å². The van der Waals surface area contributed by atoms with Crippen molar-refractivity contribution in [3.63, 3.8) is 0 Å². The number of fused-ring (bicyclic) bond motifs is 1. The van der Waals surface area contributed by atoms with Crippen LogP contribution in [0.25, 0.3) is 0 Å². The molecule has 2 saturated carbocycles. The van der Waals surface area contributed by atoms with Gasteiger partial charge in [-0.3, -0.25) is 4.79 Å². The van der Waals surface area contributed by atoms with Crippen LogP contribution in [0.2, 0.25) is 0 Å². The SMILES string of the molecule is CCOc1ccc(CNc2nc(N3CC4CC4C3)ncc2C(=O)N[C@H]2CC[C@H](O)CC2)cc1F. The number of carbonyl (C=O) groups is 1. The van der Waals surface area contributed by atoms with Crippen LogP contribution in [0.5, 0.6) is 5.75 Å². The third kappa shape index (κ3) is 5.09. The average molecular weight is 470 g/mol. The maximum Gasteiger partial charge on any atom is 0.256 e. The normalized spacial score (nSPS) is 25.6. The molecular formula is C25H32FN5O3. The number of aromatic nitrogens is 2. The molecular weight excluding hydrogens is 437 g/mol. The zero-order valence-corrected chi connectivity index (χ0v) is 19.5. The first kappa shape index (κ1) is 22.8. The van der Waals surface area contributed by atoms with Gasteiger partial charge >= 0.3 is 0 Å². The lowest BCUT2D eigenvalue weighted by atomic mass is 9.93. The quantitative estimate of drug-likeness (QED) is 0.546. The number of nitrogens with one attached hydrogen (secondary N) is 2. The summed E-state index contributed by atoms with van der Waals surface area (Å²) in [6.45, 7) is 4.41. The number of hydrogen-bond donors (Lipinski definition) is 3. The molecule has 2 unspecified atom stereocenters. The molecule has 3 aliphatic rings. The Balaban J connectivity index is 1.33. The first-order chi connectivity index (χ1) is 16.5. The van der Waals surface area contributed by atoms with E-state index in [0.717, 1.165) is 43.3 Å².